The van der Waals surface area contributed by atoms with Crippen LogP contribution in [0.5, 0.6) is 5.75 Å². The van der Waals surface area contributed by atoms with E-state index in [0.29, 0.717) is 24.9 Å². The van der Waals surface area contributed by atoms with E-state index in [4.69, 9.17) is 14.2 Å². The number of ether oxygens (including phenoxy) is 3. The Morgan fingerprint density at radius 1 is 1.26 bits per heavy atom. The third-order valence-electron chi connectivity index (χ3n) is 6.86. The first-order valence-corrected chi connectivity index (χ1v) is 10.2. The molecule has 5 nitrogen and oxygen atoms in total. The van der Waals surface area contributed by atoms with Gasteiger partial charge in [-0.15, -0.1) is 0 Å². The molecule has 1 saturated heterocycles. The van der Waals surface area contributed by atoms with E-state index in [1.54, 1.807) is 7.11 Å². The molecule has 3 aliphatic rings. The van der Waals surface area contributed by atoms with Gasteiger partial charge in [0.15, 0.2) is 12.6 Å². The summed E-state index contributed by atoms with van der Waals surface area (Å²) in [6.45, 7) is 7.93. The molecule has 2 fully saturated rings. The predicted octanol–water partition coefficient (Wildman–Crippen LogP) is 3.26. The number of Topliss-reactive ketones (excluding diaryl/α,β-unsaturated/α-hetero) is 1. The summed E-state index contributed by atoms with van der Waals surface area (Å²) in [5.41, 5.74) is 2.05. The van der Waals surface area contributed by atoms with Crippen molar-refractivity contribution in [1.29, 1.82) is 0 Å². The third kappa shape index (κ3) is 3.53. The van der Waals surface area contributed by atoms with Crippen LogP contribution in [-0.4, -0.2) is 56.9 Å². The molecule has 0 radical (unpaired) electrons. The van der Waals surface area contributed by atoms with Crippen LogP contribution in [0.4, 0.5) is 0 Å². The first-order chi connectivity index (χ1) is 13.0. The zero-order valence-corrected chi connectivity index (χ0v) is 16.7. The van der Waals surface area contributed by atoms with E-state index in [1.165, 1.54) is 12.8 Å². The van der Waals surface area contributed by atoms with Gasteiger partial charge in [0, 0.05) is 19.2 Å². The van der Waals surface area contributed by atoms with Crippen LogP contribution in [0.25, 0.3) is 0 Å². The lowest BCUT2D eigenvalue weighted by molar-refractivity contribution is -0.00875. The number of ketones is 1. The van der Waals surface area contributed by atoms with Gasteiger partial charge in [-0.2, -0.15) is 0 Å². The van der Waals surface area contributed by atoms with E-state index in [2.05, 4.69) is 24.8 Å². The minimum absolute atomic E-state index is 0.0181. The first kappa shape index (κ1) is 18.9. The fourth-order valence-electron chi connectivity index (χ4n) is 4.79. The number of likely N-dealkylation sites (tertiary alicyclic amines) is 1. The lowest BCUT2D eigenvalue weighted by atomic mass is 9.58. The van der Waals surface area contributed by atoms with Crippen molar-refractivity contribution >= 4 is 5.78 Å². The highest BCUT2D eigenvalue weighted by atomic mass is 16.7. The summed E-state index contributed by atoms with van der Waals surface area (Å²) in [7, 11) is 1.65. The monoisotopic (exact) mass is 373 g/mol. The minimum atomic E-state index is 0.0181. The second kappa shape index (κ2) is 7.53. The molecule has 2 bridgehead atoms. The highest BCUT2D eigenvalue weighted by molar-refractivity contribution is 6.03. The molecule has 4 rings (SSSR count). The molecule has 0 amide bonds. The zero-order chi connectivity index (χ0) is 19.0. The van der Waals surface area contributed by atoms with Gasteiger partial charge in [-0.3, -0.25) is 9.69 Å². The molecular weight excluding hydrogens is 342 g/mol. The molecule has 0 unspecified atom stereocenters. The second-order valence-electron chi connectivity index (χ2n) is 8.57. The molecule has 2 aliphatic carbocycles. The Bertz CT molecular complexity index is 702. The highest BCUT2D eigenvalue weighted by Gasteiger charge is 2.52. The van der Waals surface area contributed by atoms with Crippen molar-refractivity contribution < 1.29 is 19.0 Å². The third-order valence-corrected chi connectivity index (χ3v) is 6.86. The van der Waals surface area contributed by atoms with Gasteiger partial charge < -0.3 is 14.2 Å². The summed E-state index contributed by atoms with van der Waals surface area (Å²) in [6.07, 6.45) is 3.74. The number of hydrogen-bond acceptors (Lipinski definition) is 5. The number of fused-ring (bicyclic) bond motifs is 4. The van der Waals surface area contributed by atoms with Crippen molar-refractivity contribution in [3.63, 3.8) is 0 Å². The summed E-state index contributed by atoms with van der Waals surface area (Å²) < 4.78 is 16.1. The summed E-state index contributed by atoms with van der Waals surface area (Å²) in [4.78, 5) is 15.8. The molecule has 1 aliphatic heterocycles. The van der Waals surface area contributed by atoms with Crippen molar-refractivity contribution in [2.24, 2.45) is 11.8 Å². The Morgan fingerprint density at radius 3 is 2.81 bits per heavy atom. The van der Waals surface area contributed by atoms with Gasteiger partial charge in [0.2, 0.25) is 0 Å². The number of piperidine rings is 1. The van der Waals surface area contributed by atoms with Gasteiger partial charge >= 0.3 is 0 Å². The molecule has 0 N–H and O–H groups in total. The van der Waals surface area contributed by atoms with Crippen LogP contribution in [0.15, 0.2) is 18.2 Å². The van der Waals surface area contributed by atoms with Gasteiger partial charge in [0.05, 0.1) is 19.3 Å². The van der Waals surface area contributed by atoms with E-state index in [1.807, 2.05) is 12.1 Å². The highest BCUT2D eigenvalue weighted by Crippen LogP contribution is 2.50. The SMILES string of the molecule is COCCOCOc1ccc2c(c1)[C@@]1(C)CCN(CC3CC3)[C@H](C2=O)[C@@H]1C. The number of rotatable bonds is 8. The maximum atomic E-state index is 13.3. The number of hydrogen-bond donors (Lipinski definition) is 0. The van der Waals surface area contributed by atoms with Gasteiger partial charge in [0.1, 0.15) is 5.75 Å². The van der Waals surface area contributed by atoms with Gasteiger partial charge in [0.25, 0.3) is 0 Å². The van der Waals surface area contributed by atoms with Crippen molar-refractivity contribution in [3.8, 4) is 5.75 Å². The molecule has 27 heavy (non-hydrogen) atoms. The number of methoxy groups -OCH3 is 1. The maximum absolute atomic E-state index is 13.3. The van der Waals surface area contributed by atoms with Gasteiger partial charge in [-0.25, -0.2) is 0 Å². The standard InChI is InChI=1S/C22H31NO4/c1-15-20-21(24)18-7-6-17(27-14-26-11-10-25-3)12-19(18)22(15,2)8-9-23(20)13-16-4-5-16/h6-7,12,15-16,20H,4-5,8-11,13-14H2,1-3H3/t15-,20-,22-/m0/s1. The van der Waals surface area contributed by atoms with E-state index in [-0.39, 0.29) is 18.2 Å². The van der Waals surface area contributed by atoms with Crippen LogP contribution < -0.4 is 4.74 Å². The minimum Gasteiger partial charge on any atom is -0.468 e. The Balaban J connectivity index is 1.54. The molecular formula is C22H31NO4. The smallest absolute Gasteiger partial charge is 0.189 e. The summed E-state index contributed by atoms with van der Waals surface area (Å²) in [5, 5.41) is 0. The Hall–Kier alpha value is -1.43. The number of nitrogens with zero attached hydrogens (tertiary/aromatic N) is 1. The van der Waals surface area contributed by atoms with E-state index in [9.17, 15) is 4.79 Å². The molecule has 0 spiro atoms. The Kier molecular flexibility index (Phi) is 5.28. The van der Waals surface area contributed by atoms with Crippen molar-refractivity contribution in [3.05, 3.63) is 29.3 Å². The topological polar surface area (TPSA) is 48.0 Å². The number of carbonyl (C=O) groups excluding carboxylic acids is 1. The molecule has 5 heteroatoms. The molecule has 1 aromatic rings. The number of benzene rings is 1. The fraction of sp³-hybridized carbons (Fsp3) is 0.682. The van der Waals surface area contributed by atoms with E-state index < -0.39 is 0 Å². The zero-order valence-electron chi connectivity index (χ0n) is 16.7. The van der Waals surface area contributed by atoms with Crippen LogP contribution in [0.2, 0.25) is 0 Å². The van der Waals surface area contributed by atoms with Crippen LogP contribution in [0.3, 0.4) is 0 Å². The largest absolute Gasteiger partial charge is 0.468 e. The summed E-state index contributed by atoms with van der Waals surface area (Å²) in [6, 6.07) is 5.95. The number of carbonyl (C=O) groups is 1. The molecule has 1 aromatic carbocycles. The van der Waals surface area contributed by atoms with Crippen LogP contribution in [0.1, 0.15) is 49.0 Å². The molecule has 0 aromatic heterocycles. The summed E-state index contributed by atoms with van der Waals surface area (Å²) >= 11 is 0. The summed E-state index contributed by atoms with van der Waals surface area (Å²) in [5.74, 6) is 2.19. The van der Waals surface area contributed by atoms with E-state index >= 15 is 0 Å². The fourth-order valence-corrected chi connectivity index (χ4v) is 4.79. The molecule has 1 saturated carbocycles. The lowest BCUT2D eigenvalue weighted by Gasteiger charge is -2.53. The normalized spacial score (nSPS) is 30.3. The lowest BCUT2D eigenvalue weighted by Crippen LogP contribution is -2.61. The molecule has 148 valence electrons. The van der Waals surface area contributed by atoms with Crippen molar-refractivity contribution in [1.82, 2.24) is 4.90 Å². The Morgan fingerprint density at radius 2 is 2.07 bits per heavy atom. The quantitative estimate of drug-likeness (QED) is 0.517. The Labute approximate surface area is 162 Å². The van der Waals surface area contributed by atoms with Crippen LogP contribution in [-0.2, 0) is 14.9 Å². The van der Waals surface area contributed by atoms with Crippen LogP contribution >= 0.6 is 0 Å². The average molecular weight is 373 g/mol. The first-order valence-electron chi connectivity index (χ1n) is 10.2. The van der Waals surface area contributed by atoms with Crippen molar-refractivity contribution in [2.45, 2.75) is 44.6 Å². The predicted molar refractivity (Wildman–Crippen MR) is 103 cm³/mol. The van der Waals surface area contributed by atoms with Crippen LogP contribution in [0, 0.1) is 11.8 Å². The van der Waals surface area contributed by atoms with Gasteiger partial charge in [-0.05, 0) is 66.8 Å². The molecule has 3 atom stereocenters. The second-order valence-corrected chi connectivity index (χ2v) is 8.57. The van der Waals surface area contributed by atoms with Gasteiger partial charge in [-0.1, -0.05) is 13.8 Å². The average Bonchev–Trinajstić information content (AvgIpc) is 3.47. The van der Waals surface area contributed by atoms with Crippen molar-refractivity contribution in [2.75, 3.05) is 40.2 Å². The maximum Gasteiger partial charge on any atom is 0.189 e. The molecule has 1 heterocycles. The van der Waals surface area contributed by atoms with E-state index in [0.717, 1.165) is 42.3 Å².